The fourth-order valence-corrected chi connectivity index (χ4v) is 1.65. The van der Waals surface area contributed by atoms with E-state index in [1.165, 1.54) is 38.1 Å². The maximum Gasteiger partial charge on any atom is 0.00553 e. The Morgan fingerprint density at radius 2 is 1.83 bits per heavy atom. The molecule has 12 heavy (non-hydrogen) atoms. The topological polar surface area (TPSA) is 12.0 Å². The van der Waals surface area contributed by atoms with Crippen LogP contribution in [0.25, 0.3) is 0 Å². The highest BCUT2D eigenvalue weighted by Gasteiger charge is 2.01. The molecule has 0 heterocycles. The lowest BCUT2D eigenvalue weighted by Gasteiger charge is -2.11. The summed E-state index contributed by atoms with van der Waals surface area (Å²) >= 11 is 1.91. The third kappa shape index (κ3) is 6.99. The van der Waals surface area contributed by atoms with Gasteiger partial charge >= 0.3 is 0 Å². The van der Waals surface area contributed by atoms with Crippen LogP contribution in [0.3, 0.4) is 0 Å². The molecule has 0 saturated heterocycles. The molecule has 0 aliphatic carbocycles. The van der Waals surface area contributed by atoms with Crippen molar-refractivity contribution < 1.29 is 0 Å². The zero-order valence-corrected chi connectivity index (χ0v) is 9.54. The number of thioether (sulfide) groups is 1. The van der Waals surface area contributed by atoms with E-state index in [4.69, 9.17) is 0 Å². The number of rotatable bonds is 8. The highest BCUT2D eigenvalue weighted by Crippen LogP contribution is 2.10. The van der Waals surface area contributed by atoms with Gasteiger partial charge in [0.1, 0.15) is 0 Å². The van der Waals surface area contributed by atoms with Gasteiger partial charge in [0.2, 0.25) is 0 Å². The lowest BCUT2D eigenvalue weighted by molar-refractivity contribution is 0.442. The van der Waals surface area contributed by atoms with Crippen LogP contribution in [-0.2, 0) is 0 Å². The predicted molar refractivity (Wildman–Crippen MR) is 59.9 cm³/mol. The summed E-state index contributed by atoms with van der Waals surface area (Å²) in [5.41, 5.74) is 0. The first-order valence-electron chi connectivity index (χ1n) is 5.04. The van der Waals surface area contributed by atoms with Gasteiger partial charge in [0, 0.05) is 12.3 Å². The number of nitrogens with one attached hydrogen (secondary N) is 1. The van der Waals surface area contributed by atoms with Gasteiger partial charge in [0.05, 0.1) is 0 Å². The van der Waals surface area contributed by atoms with Crippen LogP contribution in [0.1, 0.15) is 33.1 Å². The zero-order valence-electron chi connectivity index (χ0n) is 8.73. The van der Waals surface area contributed by atoms with E-state index in [0.717, 1.165) is 5.92 Å². The van der Waals surface area contributed by atoms with Crippen molar-refractivity contribution in [1.29, 1.82) is 0 Å². The molecule has 0 aliphatic heterocycles. The molecule has 2 heteroatoms. The molecule has 0 rings (SSSR count). The summed E-state index contributed by atoms with van der Waals surface area (Å²) in [6.07, 6.45) is 6.17. The summed E-state index contributed by atoms with van der Waals surface area (Å²) in [5.74, 6) is 2.18. The second-order valence-electron chi connectivity index (χ2n) is 3.21. The molecule has 0 saturated carbocycles. The van der Waals surface area contributed by atoms with Crippen molar-refractivity contribution in [1.82, 2.24) is 5.32 Å². The Labute approximate surface area is 81.7 Å². The van der Waals surface area contributed by atoms with Crippen LogP contribution in [0.4, 0.5) is 0 Å². The van der Waals surface area contributed by atoms with Crippen molar-refractivity contribution in [3.8, 4) is 0 Å². The van der Waals surface area contributed by atoms with Gasteiger partial charge < -0.3 is 5.32 Å². The Morgan fingerprint density at radius 1 is 1.17 bits per heavy atom. The molecule has 1 N–H and O–H groups in total. The van der Waals surface area contributed by atoms with Gasteiger partial charge in [-0.3, -0.25) is 0 Å². The number of hydrogen-bond donors (Lipinski definition) is 1. The Kier molecular flexibility index (Phi) is 9.64. The quantitative estimate of drug-likeness (QED) is 0.589. The van der Waals surface area contributed by atoms with Gasteiger partial charge in [-0.05, 0) is 25.1 Å². The molecule has 1 nitrogen and oxygen atoms in total. The second-order valence-corrected chi connectivity index (χ2v) is 4.20. The molecule has 0 radical (unpaired) electrons. The molecule has 0 bridgehead atoms. The van der Waals surface area contributed by atoms with Crippen molar-refractivity contribution in [2.75, 3.05) is 25.1 Å². The smallest absolute Gasteiger partial charge is 0.00553 e. The SMILES string of the molecule is CCC(CC)CCNCCSC. The molecule has 0 aromatic carbocycles. The Bertz CT molecular complexity index is 81.9. The molecule has 0 aromatic heterocycles. The lowest BCUT2D eigenvalue weighted by atomic mass is 10.00. The van der Waals surface area contributed by atoms with E-state index in [1.54, 1.807) is 0 Å². The molecular weight excluding hydrogens is 166 g/mol. The van der Waals surface area contributed by atoms with E-state index in [1.807, 2.05) is 11.8 Å². The first-order valence-corrected chi connectivity index (χ1v) is 6.44. The van der Waals surface area contributed by atoms with Crippen LogP contribution in [0.15, 0.2) is 0 Å². The highest BCUT2D eigenvalue weighted by molar-refractivity contribution is 7.98. The average molecular weight is 189 g/mol. The average Bonchev–Trinajstić information content (AvgIpc) is 2.11. The van der Waals surface area contributed by atoms with E-state index < -0.39 is 0 Å². The Morgan fingerprint density at radius 3 is 2.33 bits per heavy atom. The predicted octanol–water partition coefficient (Wildman–Crippen LogP) is 2.77. The summed E-state index contributed by atoms with van der Waals surface area (Å²) in [6.45, 7) is 6.94. The maximum atomic E-state index is 3.46. The first-order chi connectivity index (χ1) is 5.85. The van der Waals surface area contributed by atoms with Gasteiger partial charge in [-0.1, -0.05) is 26.7 Å². The molecule has 0 aromatic rings. The van der Waals surface area contributed by atoms with Gasteiger partial charge in [-0.15, -0.1) is 0 Å². The Hall–Kier alpha value is 0.310. The van der Waals surface area contributed by atoms with E-state index in [0.29, 0.717) is 0 Å². The summed E-state index contributed by atoms with van der Waals surface area (Å²) in [4.78, 5) is 0. The standard InChI is InChI=1S/C10H23NS/c1-4-10(5-2)6-7-11-8-9-12-3/h10-11H,4-9H2,1-3H3. The monoisotopic (exact) mass is 189 g/mol. The van der Waals surface area contributed by atoms with Crippen LogP contribution in [0.2, 0.25) is 0 Å². The van der Waals surface area contributed by atoms with E-state index >= 15 is 0 Å². The summed E-state index contributed by atoms with van der Waals surface area (Å²) < 4.78 is 0. The molecule has 74 valence electrons. The summed E-state index contributed by atoms with van der Waals surface area (Å²) in [5, 5.41) is 3.46. The molecule has 0 spiro atoms. The van der Waals surface area contributed by atoms with Gasteiger partial charge in [0.25, 0.3) is 0 Å². The highest BCUT2D eigenvalue weighted by atomic mass is 32.2. The van der Waals surface area contributed by atoms with E-state index in [9.17, 15) is 0 Å². The maximum absolute atomic E-state index is 3.46. The van der Waals surface area contributed by atoms with Gasteiger partial charge in [0.15, 0.2) is 0 Å². The van der Waals surface area contributed by atoms with Crippen molar-refractivity contribution >= 4 is 11.8 Å². The molecule has 0 fully saturated rings. The van der Waals surface area contributed by atoms with Crippen molar-refractivity contribution in [2.24, 2.45) is 5.92 Å². The van der Waals surface area contributed by atoms with Gasteiger partial charge in [-0.25, -0.2) is 0 Å². The largest absolute Gasteiger partial charge is 0.316 e. The van der Waals surface area contributed by atoms with Crippen molar-refractivity contribution in [3.63, 3.8) is 0 Å². The summed E-state index contributed by atoms with van der Waals surface area (Å²) in [6, 6.07) is 0. The fourth-order valence-electron chi connectivity index (χ4n) is 1.30. The van der Waals surface area contributed by atoms with Gasteiger partial charge in [-0.2, -0.15) is 11.8 Å². The first kappa shape index (κ1) is 12.3. The Balaban J connectivity index is 3.06. The zero-order chi connectivity index (χ0) is 9.23. The van der Waals surface area contributed by atoms with Crippen LogP contribution >= 0.6 is 11.8 Å². The van der Waals surface area contributed by atoms with Crippen molar-refractivity contribution in [2.45, 2.75) is 33.1 Å². The fraction of sp³-hybridized carbons (Fsp3) is 1.00. The normalized spacial score (nSPS) is 11.0. The van der Waals surface area contributed by atoms with E-state index in [-0.39, 0.29) is 0 Å². The molecule has 0 aliphatic rings. The number of hydrogen-bond acceptors (Lipinski definition) is 2. The molecule has 0 unspecified atom stereocenters. The molecular formula is C10H23NS. The van der Waals surface area contributed by atoms with Crippen LogP contribution < -0.4 is 5.32 Å². The third-order valence-corrected chi connectivity index (χ3v) is 2.98. The van der Waals surface area contributed by atoms with Crippen molar-refractivity contribution in [3.05, 3.63) is 0 Å². The van der Waals surface area contributed by atoms with Crippen LogP contribution in [0.5, 0.6) is 0 Å². The lowest BCUT2D eigenvalue weighted by Crippen LogP contribution is -2.20. The minimum absolute atomic E-state index is 0.937. The van der Waals surface area contributed by atoms with Crippen LogP contribution in [0, 0.1) is 5.92 Å². The molecule has 0 amide bonds. The van der Waals surface area contributed by atoms with E-state index in [2.05, 4.69) is 25.4 Å². The van der Waals surface area contributed by atoms with Crippen LogP contribution in [-0.4, -0.2) is 25.1 Å². The summed E-state index contributed by atoms with van der Waals surface area (Å²) in [7, 11) is 0. The minimum Gasteiger partial charge on any atom is -0.316 e. The molecule has 0 atom stereocenters. The third-order valence-electron chi connectivity index (χ3n) is 2.37. The minimum atomic E-state index is 0.937. The second kappa shape index (κ2) is 9.40.